The average molecular weight is 294 g/mol. The number of nitrogens with two attached hydrogens (primary N) is 1. The van der Waals surface area contributed by atoms with E-state index in [0.717, 1.165) is 25.9 Å². The van der Waals surface area contributed by atoms with E-state index >= 15 is 0 Å². The Kier molecular flexibility index (Phi) is 3.75. The van der Waals surface area contributed by atoms with E-state index in [1.807, 2.05) is 0 Å². The second-order valence-corrected chi connectivity index (χ2v) is 6.37. The van der Waals surface area contributed by atoms with Gasteiger partial charge in [0.2, 0.25) is 0 Å². The van der Waals surface area contributed by atoms with Gasteiger partial charge < -0.3 is 10.8 Å². The van der Waals surface area contributed by atoms with E-state index in [4.69, 9.17) is 18.0 Å². The molecule has 0 radical (unpaired) electrons. The van der Waals surface area contributed by atoms with Crippen molar-refractivity contribution in [2.75, 3.05) is 13.1 Å². The van der Waals surface area contributed by atoms with Crippen molar-refractivity contribution >= 4 is 17.2 Å². The van der Waals surface area contributed by atoms with Crippen molar-refractivity contribution in [3.8, 4) is 0 Å². The molecule has 3 N–H and O–H groups in total. The molecule has 1 aliphatic heterocycles. The Morgan fingerprint density at radius 2 is 2.20 bits per heavy atom. The highest BCUT2D eigenvalue weighted by Crippen LogP contribution is 2.38. The second-order valence-electron chi connectivity index (χ2n) is 5.93. The van der Waals surface area contributed by atoms with Crippen LogP contribution in [0.15, 0.2) is 18.2 Å². The molecule has 3 unspecified atom stereocenters. The van der Waals surface area contributed by atoms with Crippen LogP contribution in [0.2, 0.25) is 0 Å². The topological polar surface area (TPSA) is 49.5 Å². The molecular weight excluding hydrogens is 275 g/mol. The van der Waals surface area contributed by atoms with Gasteiger partial charge in [-0.1, -0.05) is 24.4 Å². The lowest BCUT2D eigenvalue weighted by molar-refractivity contribution is 0.123. The summed E-state index contributed by atoms with van der Waals surface area (Å²) in [4.78, 5) is 2.45. The van der Waals surface area contributed by atoms with E-state index in [1.54, 1.807) is 12.1 Å². The first-order valence-electron chi connectivity index (χ1n) is 7.03. The van der Waals surface area contributed by atoms with Crippen molar-refractivity contribution in [1.82, 2.24) is 4.90 Å². The zero-order valence-electron chi connectivity index (χ0n) is 11.3. The molecule has 0 aromatic heterocycles. The molecular formula is C15H19FN2OS. The largest absolute Gasteiger partial charge is 0.393 e. The van der Waals surface area contributed by atoms with E-state index in [9.17, 15) is 9.50 Å². The van der Waals surface area contributed by atoms with Crippen molar-refractivity contribution in [2.45, 2.75) is 25.5 Å². The van der Waals surface area contributed by atoms with Crippen LogP contribution in [0.3, 0.4) is 0 Å². The van der Waals surface area contributed by atoms with Crippen molar-refractivity contribution in [2.24, 2.45) is 17.6 Å². The van der Waals surface area contributed by atoms with Crippen LogP contribution >= 0.6 is 12.2 Å². The molecule has 0 amide bonds. The molecule has 2 aliphatic rings. The van der Waals surface area contributed by atoms with Gasteiger partial charge in [-0.25, -0.2) is 4.39 Å². The molecule has 20 heavy (non-hydrogen) atoms. The maximum atomic E-state index is 14.0. The highest BCUT2D eigenvalue weighted by molar-refractivity contribution is 7.80. The Hall–Kier alpha value is -1.04. The van der Waals surface area contributed by atoms with Crippen LogP contribution in [-0.4, -0.2) is 34.2 Å². The van der Waals surface area contributed by atoms with Crippen LogP contribution in [0, 0.1) is 17.7 Å². The molecule has 0 spiro atoms. The van der Waals surface area contributed by atoms with E-state index in [2.05, 4.69) is 4.90 Å². The van der Waals surface area contributed by atoms with Gasteiger partial charge in [0.1, 0.15) is 10.8 Å². The van der Waals surface area contributed by atoms with Gasteiger partial charge in [-0.3, -0.25) is 4.90 Å². The number of halogens is 1. The number of rotatable bonds is 3. The van der Waals surface area contributed by atoms with E-state index in [0.29, 0.717) is 29.5 Å². The Bertz CT molecular complexity index is 537. The molecule has 1 aromatic rings. The van der Waals surface area contributed by atoms with Crippen molar-refractivity contribution < 1.29 is 9.50 Å². The third-order valence-electron chi connectivity index (χ3n) is 4.63. The SMILES string of the molecule is NC(=S)c1ccc(CN2CC3CCC(O)C3C2)c(F)c1. The van der Waals surface area contributed by atoms with Gasteiger partial charge in [-0.15, -0.1) is 0 Å². The summed E-state index contributed by atoms with van der Waals surface area (Å²) in [6, 6.07) is 4.93. The van der Waals surface area contributed by atoms with Crippen LogP contribution in [0.5, 0.6) is 0 Å². The minimum absolute atomic E-state index is 0.174. The number of fused-ring (bicyclic) bond motifs is 1. The molecule has 3 nitrogen and oxygen atoms in total. The molecule has 1 aromatic carbocycles. The van der Waals surface area contributed by atoms with Gasteiger partial charge in [0.05, 0.1) is 6.10 Å². The Labute approximate surface area is 123 Å². The van der Waals surface area contributed by atoms with Crippen molar-refractivity contribution in [3.05, 3.63) is 35.1 Å². The van der Waals surface area contributed by atoms with Crippen LogP contribution in [0.4, 0.5) is 4.39 Å². The highest BCUT2D eigenvalue weighted by atomic mass is 32.1. The number of hydrogen-bond donors (Lipinski definition) is 2. The van der Waals surface area contributed by atoms with Gasteiger partial charge in [0.25, 0.3) is 0 Å². The summed E-state index contributed by atoms with van der Waals surface area (Å²) in [5, 5.41) is 9.91. The minimum Gasteiger partial charge on any atom is -0.393 e. The molecule has 1 heterocycles. The third kappa shape index (κ3) is 2.57. The lowest BCUT2D eigenvalue weighted by Gasteiger charge is -2.18. The summed E-state index contributed by atoms with van der Waals surface area (Å²) in [5.41, 5.74) is 6.73. The zero-order valence-corrected chi connectivity index (χ0v) is 12.1. The number of thiocarbonyl (C=S) groups is 1. The number of aliphatic hydroxyl groups excluding tert-OH is 1. The van der Waals surface area contributed by atoms with Gasteiger partial charge in [0.15, 0.2) is 0 Å². The number of nitrogens with zero attached hydrogens (tertiary/aromatic N) is 1. The summed E-state index contributed by atoms with van der Waals surface area (Å²) in [7, 11) is 0. The van der Waals surface area contributed by atoms with Crippen LogP contribution in [-0.2, 0) is 6.54 Å². The zero-order chi connectivity index (χ0) is 14.3. The molecule has 2 fully saturated rings. The summed E-state index contributed by atoms with van der Waals surface area (Å²) >= 11 is 4.85. The third-order valence-corrected chi connectivity index (χ3v) is 4.86. The molecule has 108 valence electrons. The lowest BCUT2D eigenvalue weighted by atomic mass is 10.00. The normalized spacial score (nSPS) is 29.6. The maximum Gasteiger partial charge on any atom is 0.128 e. The van der Waals surface area contributed by atoms with Gasteiger partial charge in [0, 0.05) is 36.7 Å². The second kappa shape index (κ2) is 5.39. The predicted molar refractivity (Wildman–Crippen MR) is 79.8 cm³/mol. The molecule has 1 aliphatic carbocycles. The van der Waals surface area contributed by atoms with Gasteiger partial charge >= 0.3 is 0 Å². The first kappa shape index (κ1) is 13.9. The highest BCUT2D eigenvalue weighted by Gasteiger charge is 2.41. The Morgan fingerprint density at radius 1 is 1.40 bits per heavy atom. The van der Waals surface area contributed by atoms with E-state index in [1.165, 1.54) is 6.07 Å². The number of likely N-dealkylation sites (tertiary alicyclic amines) is 1. The maximum absolute atomic E-state index is 14.0. The predicted octanol–water partition coefficient (Wildman–Crippen LogP) is 1.66. The number of hydrogen-bond acceptors (Lipinski definition) is 3. The fraction of sp³-hybridized carbons (Fsp3) is 0.533. The van der Waals surface area contributed by atoms with Crippen molar-refractivity contribution in [1.29, 1.82) is 0 Å². The van der Waals surface area contributed by atoms with Gasteiger partial charge in [-0.2, -0.15) is 0 Å². The quantitative estimate of drug-likeness (QED) is 0.833. The van der Waals surface area contributed by atoms with E-state index in [-0.39, 0.29) is 16.9 Å². The molecule has 3 rings (SSSR count). The van der Waals surface area contributed by atoms with Gasteiger partial charge in [-0.05, 0) is 24.8 Å². The summed E-state index contributed by atoms with van der Waals surface area (Å²) in [6.45, 7) is 2.41. The molecule has 1 saturated carbocycles. The molecule has 0 bridgehead atoms. The monoisotopic (exact) mass is 294 g/mol. The van der Waals surface area contributed by atoms with E-state index < -0.39 is 0 Å². The number of benzene rings is 1. The smallest absolute Gasteiger partial charge is 0.128 e. The number of aliphatic hydroxyl groups is 1. The summed E-state index contributed by atoms with van der Waals surface area (Å²) in [5.74, 6) is 0.686. The lowest BCUT2D eigenvalue weighted by Crippen LogP contribution is -2.25. The standard InChI is InChI=1S/C15H19FN2OS/c16-13-5-9(15(17)20)1-2-11(13)7-18-6-10-3-4-14(19)12(10)8-18/h1-2,5,10,12,14,19H,3-4,6-8H2,(H2,17,20). The average Bonchev–Trinajstić information content (AvgIpc) is 2.94. The molecule has 3 atom stereocenters. The summed E-state index contributed by atoms with van der Waals surface area (Å²) < 4.78 is 14.0. The Balaban J connectivity index is 1.68. The fourth-order valence-electron chi connectivity index (χ4n) is 3.53. The van der Waals surface area contributed by atoms with Crippen LogP contribution in [0.25, 0.3) is 0 Å². The fourth-order valence-corrected chi connectivity index (χ4v) is 3.65. The van der Waals surface area contributed by atoms with Crippen molar-refractivity contribution in [3.63, 3.8) is 0 Å². The minimum atomic E-state index is -0.257. The molecule has 5 heteroatoms. The summed E-state index contributed by atoms with van der Waals surface area (Å²) in [6.07, 6.45) is 1.83. The first-order valence-corrected chi connectivity index (χ1v) is 7.44. The van der Waals surface area contributed by atoms with Crippen LogP contribution in [0.1, 0.15) is 24.0 Å². The van der Waals surface area contributed by atoms with Crippen LogP contribution < -0.4 is 5.73 Å². The first-order chi connectivity index (χ1) is 9.54. The molecule has 1 saturated heterocycles. The Morgan fingerprint density at radius 3 is 2.85 bits per heavy atom.